The van der Waals surface area contributed by atoms with E-state index in [1.54, 1.807) is 30.5 Å². The Morgan fingerprint density at radius 1 is 1.04 bits per heavy atom. The van der Waals surface area contributed by atoms with Gasteiger partial charge in [0, 0.05) is 17.7 Å². The van der Waals surface area contributed by atoms with Crippen molar-refractivity contribution in [2.75, 3.05) is 5.32 Å². The fraction of sp³-hybridized carbons (Fsp3) is 0. The SMILES string of the molecule is O=C(C=Cc1cnc2ccccc2c1)Nc1ccccc1C(=O)O. The lowest BCUT2D eigenvalue weighted by Gasteiger charge is -2.05. The van der Waals surface area contributed by atoms with Gasteiger partial charge in [0.2, 0.25) is 5.91 Å². The van der Waals surface area contributed by atoms with Crippen LogP contribution in [-0.2, 0) is 4.79 Å². The summed E-state index contributed by atoms with van der Waals surface area (Å²) in [6.45, 7) is 0. The topological polar surface area (TPSA) is 79.3 Å². The highest BCUT2D eigenvalue weighted by molar-refractivity contribution is 6.06. The maximum absolute atomic E-state index is 12.0. The van der Waals surface area contributed by atoms with Crippen molar-refractivity contribution in [1.82, 2.24) is 4.98 Å². The number of carbonyl (C=O) groups is 2. The number of nitrogens with zero attached hydrogens (tertiary/aromatic N) is 1. The lowest BCUT2D eigenvalue weighted by Crippen LogP contribution is -2.11. The maximum Gasteiger partial charge on any atom is 0.337 e. The molecule has 5 heteroatoms. The van der Waals surface area contributed by atoms with E-state index in [2.05, 4.69) is 10.3 Å². The fourth-order valence-corrected chi connectivity index (χ4v) is 2.30. The molecule has 0 spiro atoms. The molecule has 3 aromatic rings. The summed E-state index contributed by atoms with van der Waals surface area (Å²) >= 11 is 0. The smallest absolute Gasteiger partial charge is 0.337 e. The summed E-state index contributed by atoms with van der Waals surface area (Å²) in [5.41, 5.74) is 1.98. The van der Waals surface area contributed by atoms with E-state index < -0.39 is 11.9 Å². The summed E-state index contributed by atoms with van der Waals surface area (Å²) in [4.78, 5) is 27.5. The highest BCUT2D eigenvalue weighted by Crippen LogP contribution is 2.16. The van der Waals surface area contributed by atoms with Crippen LogP contribution in [0.25, 0.3) is 17.0 Å². The molecule has 0 saturated carbocycles. The van der Waals surface area contributed by atoms with Crippen LogP contribution in [0, 0.1) is 0 Å². The van der Waals surface area contributed by atoms with E-state index in [1.165, 1.54) is 12.1 Å². The molecule has 0 saturated heterocycles. The van der Waals surface area contributed by atoms with E-state index in [9.17, 15) is 9.59 Å². The number of rotatable bonds is 4. The number of anilines is 1. The van der Waals surface area contributed by atoms with Crippen molar-refractivity contribution < 1.29 is 14.7 Å². The van der Waals surface area contributed by atoms with Gasteiger partial charge in [-0.1, -0.05) is 30.3 Å². The third kappa shape index (κ3) is 3.47. The number of pyridine rings is 1. The number of amides is 1. The van der Waals surface area contributed by atoms with Gasteiger partial charge >= 0.3 is 5.97 Å². The van der Waals surface area contributed by atoms with E-state index in [-0.39, 0.29) is 11.3 Å². The van der Waals surface area contributed by atoms with Crippen LogP contribution in [0.3, 0.4) is 0 Å². The van der Waals surface area contributed by atoms with Crippen molar-refractivity contribution >= 4 is 34.5 Å². The third-order valence-electron chi connectivity index (χ3n) is 3.45. The molecule has 0 atom stereocenters. The van der Waals surface area contributed by atoms with Crippen molar-refractivity contribution in [1.29, 1.82) is 0 Å². The average molecular weight is 318 g/mol. The molecule has 0 bridgehead atoms. The first-order chi connectivity index (χ1) is 11.6. The first-order valence-electron chi connectivity index (χ1n) is 7.30. The van der Waals surface area contributed by atoms with Crippen molar-refractivity contribution in [3.63, 3.8) is 0 Å². The van der Waals surface area contributed by atoms with E-state index in [0.29, 0.717) is 0 Å². The molecule has 0 fully saturated rings. The number of hydrogen-bond donors (Lipinski definition) is 2. The average Bonchev–Trinajstić information content (AvgIpc) is 2.60. The highest BCUT2D eigenvalue weighted by atomic mass is 16.4. The molecule has 0 aliphatic rings. The number of carboxylic acid groups (broad SMARTS) is 1. The molecule has 2 aromatic carbocycles. The van der Waals surface area contributed by atoms with E-state index in [0.717, 1.165) is 16.5 Å². The van der Waals surface area contributed by atoms with Gasteiger partial charge in [0.15, 0.2) is 0 Å². The standard InChI is InChI=1S/C19H14N2O3/c22-18(21-17-8-4-2-6-15(17)19(23)24)10-9-13-11-14-5-1-3-7-16(14)20-12-13/h1-12H,(H,21,22)(H,23,24). The molecular formula is C19H14N2O3. The van der Waals surface area contributed by atoms with Gasteiger partial charge in [-0.3, -0.25) is 9.78 Å². The monoisotopic (exact) mass is 318 g/mol. The first-order valence-corrected chi connectivity index (χ1v) is 7.30. The molecule has 5 nitrogen and oxygen atoms in total. The summed E-state index contributed by atoms with van der Waals surface area (Å²) in [5, 5.41) is 12.7. The lowest BCUT2D eigenvalue weighted by molar-refractivity contribution is -0.111. The molecule has 3 rings (SSSR count). The third-order valence-corrected chi connectivity index (χ3v) is 3.45. The van der Waals surface area contributed by atoms with E-state index in [1.807, 2.05) is 30.3 Å². The Morgan fingerprint density at radius 2 is 1.79 bits per heavy atom. The Hall–Kier alpha value is -3.47. The molecule has 24 heavy (non-hydrogen) atoms. The van der Waals surface area contributed by atoms with Crippen LogP contribution in [0.15, 0.2) is 66.9 Å². The Labute approximate surface area is 138 Å². The van der Waals surface area contributed by atoms with Gasteiger partial charge in [-0.25, -0.2) is 4.79 Å². The summed E-state index contributed by atoms with van der Waals surface area (Å²) in [7, 11) is 0. The lowest BCUT2D eigenvalue weighted by atomic mass is 10.1. The molecule has 0 aliphatic carbocycles. The normalized spacial score (nSPS) is 10.8. The Morgan fingerprint density at radius 3 is 2.62 bits per heavy atom. The predicted molar refractivity (Wildman–Crippen MR) is 92.8 cm³/mol. The molecule has 1 aromatic heterocycles. The van der Waals surface area contributed by atoms with E-state index >= 15 is 0 Å². The second kappa shape index (κ2) is 6.75. The number of carbonyl (C=O) groups excluding carboxylic acids is 1. The van der Waals surface area contributed by atoms with Crippen molar-refractivity contribution in [2.45, 2.75) is 0 Å². The van der Waals surface area contributed by atoms with Crippen LogP contribution in [0.5, 0.6) is 0 Å². The van der Waals surface area contributed by atoms with Crippen LogP contribution < -0.4 is 5.32 Å². The zero-order chi connectivity index (χ0) is 16.9. The Balaban J connectivity index is 1.76. The molecule has 0 unspecified atom stereocenters. The molecule has 118 valence electrons. The first kappa shape index (κ1) is 15.4. The Bertz CT molecular complexity index is 948. The number of para-hydroxylation sites is 2. The van der Waals surface area contributed by atoms with Crippen LogP contribution >= 0.6 is 0 Å². The van der Waals surface area contributed by atoms with Gasteiger partial charge in [0.25, 0.3) is 0 Å². The number of carboxylic acids is 1. The van der Waals surface area contributed by atoms with Crippen LogP contribution in [0.2, 0.25) is 0 Å². The minimum absolute atomic E-state index is 0.0478. The minimum Gasteiger partial charge on any atom is -0.478 e. The fourth-order valence-electron chi connectivity index (χ4n) is 2.30. The van der Waals surface area contributed by atoms with Crippen molar-refractivity contribution in [3.8, 4) is 0 Å². The number of nitrogens with one attached hydrogen (secondary N) is 1. The quantitative estimate of drug-likeness (QED) is 0.721. The molecule has 1 amide bonds. The van der Waals surface area contributed by atoms with Crippen LogP contribution in [-0.4, -0.2) is 22.0 Å². The van der Waals surface area contributed by atoms with Gasteiger partial charge < -0.3 is 10.4 Å². The molecule has 1 heterocycles. The second-order valence-corrected chi connectivity index (χ2v) is 5.13. The second-order valence-electron chi connectivity index (χ2n) is 5.13. The largest absolute Gasteiger partial charge is 0.478 e. The molecular weight excluding hydrogens is 304 g/mol. The minimum atomic E-state index is -1.09. The zero-order valence-corrected chi connectivity index (χ0v) is 12.6. The summed E-state index contributed by atoms with van der Waals surface area (Å²) < 4.78 is 0. The number of benzene rings is 2. The van der Waals surface area contributed by atoms with Gasteiger partial charge in [-0.15, -0.1) is 0 Å². The summed E-state index contributed by atoms with van der Waals surface area (Å²) in [6.07, 6.45) is 4.67. The molecule has 0 aliphatic heterocycles. The number of hydrogen-bond acceptors (Lipinski definition) is 3. The number of aromatic carboxylic acids is 1. The van der Waals surface area contributed by atoms with Crippen molar-refractivity contribution in [2.24, 2.45) is 0 Å². The van der Waals surface area contributed by atoms with E-state index in [4.69, 9.17) is 5.11 Å². The van der Waals surface area contributed by atoms with Gasteiger partial charge in [0.1, 0.15) is 0 Å². The number of aromatic nitrogens is 1. The molecule has 2 N–H and O–H groups in total. The molecule has 0 radical (unpaired) electrons. The maximum atomic E-state index is 12.0. The van der Waals surface area contributed by atoms with Gasteiger partial charge in [-0.2, -0.15) is 0 Å². The predicted octanol–water partition coefficient (Wildman–Crippen LogP) is 3.58. The van der Waals surface area contributed by atoms with Gasteiger partial charge in [0.05, 0.1) is 16.8 Å². The van der Waals surface area contributed by atoms with Gasteiger partial charge in [-0.05, 0) is 35.9 Å². The van der Waals surface area contributed by atoms with Crippen LogP contribution in [0.4, 0.5) is 5.69 Å². The number of fused-ring (bicyclic) bond motifs is 1. The van der Waals surface area contributed by atoms with Crippen molar-refractivity contribution in [3.05, 3.63) is 78.0 Å². The highest BCUT2D eigenvalue weighted by Gasteiger charge is 2.10. The zero-order valence-electron chi connectivity index (χ0n) is 12.6. The summed E-state index contributed by atoms with van der Waals surface area (Å²) in [6, 6.07) is 15.9. The summed E-state index contributed by atoms with van der Waals surface area (Å²) in [5.74, 6) is -1.49. The van der Waals surface area contributed by atoms with Crippen LogP contribution in [0.1, 0.15) is 15.9 Å². The Kier molecular flexibility index (Phi) is 4.34.